The molecule has 0 aromatic carbocycles. The highest BCUT2D eigenvalue weighted by Gasteiger charge is 1.92. The van der Waals surface area contributed by atoms with Crippen LogP contribution in [0.1, 0.15) is 0 Å². The molecule has 4 N–H and O–H groups in total. The Bertz CT molecular complexity index is 46.8. The van der Waals surface area contributed by atoms with Crippen LogP contribution in [-0.2, 0) is 4.79 Å². The van der Waals surface area contributed by atoms with Crippen LogP contribution in [0.15, 0.2) is 0 Å². The second-order valence-electron chi connectivity index (χ2n) is 0.947. The van der Waals surface area contributed by atoms with Gasteiger partial charge in [-0.25, -0.2) is 0 Å². The van der Waals surface area contributed by atoms with Crippen LogP contribution in [0, 0.1) is 0 Å². The minimum atomic E-state index is -0.372. The van der Waals surface area contributed by atoms with E-state index in [0.29, 0.717) is 0 Å². The van der Waals surface area contributed by atoms with Crippen LogP contribution < -0.4 is 5.73 Å². The van der Waals surface area contributed by atoms with Gasteiger partial charge in [0.1, 0.15) is 13.2 Å². The Morgan fingerprint density at radius 1 is 1.83 bits per heavy atom. The molecule has 0 unspecified atom stereocenters. The standard InChI is InChI=1S/C3H7NO2/c4-1-3(6)2-5/h5H,1-2,4H2/p+1. The first kappa shape index (κ1) is 5.59. The summed E-state index contributed by atoms with van der Waals surface area (Å²) in [6.45, 7) is -0.181. The van der Waals surface area contributed by atoms with Crippen molar-refractivity contribution in [3.8, 4) is 0 Å². The minimum absolute atomic E-state index is 0.191. The summed E-state index contributed by atoms with van der Waals surface area (Å²) in [5.74, 6) is -0.213. The van der Waals surface area contributed by atoms with Crippen LogP contribution >= 0.6 is 0 Å². The molecule has 0 saturated carbocycles. The molecule has 0 aromatic heterocycles. The summed E-state index contributed by atoms with van der Waals surface area (Å²) < 4.78 is 0. The van der Waals surface area contributed by atoms with Gasteiger partial charge in [0.2, 0.25) is 5.78 Å². The van der Waals surface area contributed by atoms with Crippen molar-refractivity contribution < 1.29 is 15.6 Å². The van der Waals surface area contributed by atoms with Gasteiger partial charge in [-0.3, -0.25) is 4.79 Å². The molecule has 0 aromatic rings. The third-order valence-electron chi connectivity index (χ3n) is 0.455. The lowest BCUT2D eigenvalue weighted by Gasteiger charge is -1.79. The summed E-state index contributed by atoms with van der Waals surface area (Å²) >= 11 is 0. The molecular weight excluding hydrogens is 82.0 g/mol. The van der Waals surface area contributed by atoms with Crippen LogP contribution in [0.3, 0.4) is 0 Å². The van der Waals surface area contributed by atoms with Crippen LogP contribution in [0.2, 0.25) is 0 Å². The third-order valence-corrected chi connectivity index (χ3v) is 0.455. The largest absolute Gasteiger partial charge is 0.388 e. The molecule has 6 heavy (non-hydrogen) atoms. The molecule has 0 bridgehead atoms. The average molecular weight is 90.1 g/mol. The zero-order valence-corrected chi connectivity index (χ0v) is 3.48. The summed E-state index contributed by atoms with van der Waals surface area (Å²) in [5, 5.41) is 7.95. The Morgan fingerprint density at radius 2 is 2.33 bits per heavy atom. The maximum absolute atomic E-state index is 9.87. The first-order valence-electron chi connectivity index (χ1n) is 1.73. The number of carbonyl (C=O) groups excluding carboxylic acids is 1. The van der Waals surface area contributed by atoms with E-state index in [2.05, 4.69) is 5.73 Å². The van der Waals surface area contributed by atoms with E-state index in [0.717, 1.165) is 0 Å². The molecule has 0 spiro atoms. The SMILES string of the molecule is [NH3+]CC(=O)CO. The number of hydrogen-bond donors (Lipinski definition) is 2. The van der Waals surface area contributed by atoms with E-state index in [9.17, 15) is 4.79 Å². The quantitative estimate of drug-likeness (QED) is 0.403. The van der Waals surface area contributed by atoms with Gasteiger partial charge in [0, 0.05) is 0 Å². The van der Waals surface area contributed by atoms with Crippen molar-refractivity contribution in [2.75, 3.05) is 13.2 Å². The van der Waals surface area contributed by atoms with Crippen LogP contribution in [0.5, 0.6) is 0 Å². The molecule has 0 atom stereocenters. The number of quaternary nitrogens is 1. The molecule has 0 aliphatic rings. The monoisotopic (exact) mass is 90.1 g/mol. The molecule has 0 fully saturated rings. The number of ketones is 1. The zero-order valence-electron chi connectivity index (χ0n) is 3.48. The third kappa shape index (κ3) is 1.87. The van der Waals surface area contributed by atoms with Crippen molar-refractivity contribution in [2.24, 2.45) is 0 Å². The molecule has 36 valence electrons. The average Bonchev–Trinajstić information content (AvgIpc) is 1.65. The lowest BCUT2D eigenvalue weighted by molar-refractivity contribution is -0.354. The molecular formula is C3H8NO2+. The number of carbonyl (C=O) groups is 1. The molecule has 0 aliphatic heterocycles. The second-order valence-corrected chi connectivity index (χ2v) is 0.947. The van der Waals surface area contributed by atoms with Crippen molar-refractivity contribution in [2.45, 2.75) is 0 Å². The Hall–Kier alpha value is -0.410. The number of hydrogen-bond acceptors (Lipinski definition) is 2. The van der Waals surface area contributed by atoms with Crippen molar-refractivity contribution in [3.63, 3.8) is 0 Å². The van der Waals surface area contributed by atoms with Gasteiger partial charge in [-0.1, -0.05) is 0 Å². The molecule has 3 heteroatoms. The molecule has 0 aliphatic carbocycles. The minimum Gasteiger partial charge on any atom is -0.388 e. The Balaban J connectivity index is 2.99. The van der Waals surface area contributed by atoms with E-state index in [4.69, 9.17) is 5.11 Å². The molecule has 0 rings (SSSR count). The first-order chi connectivity index (χ1) is 2.81. The van der Waals surface area contributed by atoms with Crippen molar-refractivity contribution in [1.29, 1.82) is 0 Å². The lowest BCUT2D eigenvalue weighted by Crippen LogP contribution is -2.54. The van der Waals surface area contributed by atoms with Crippen LogP contribution in [0.25, 0.3) is 0 Å². The molecule has 0 saturated heterocycles. The first-order valence-corrected chi connectivity index (χ1v) is 1.73. The van der Waals surface area contributed by atoms with E-state index >= 15 is 0 Å². The summed E-state index contributed by atoms with van der Waals surface area (Å²) in [6, 6.07) is 0. The molecule has 0 amide bonds. The van der Waals surface area contributed by atoms with Gasteiger partial charge in [0.25, 0.3) is 0 Å². The van der Waals surface area contributed by atoms with Crippen LogP contribution in [-0.4, -0.2) is 24.0 Å². The predicted molar refractivity (Wildman–Crippen MR) is 19.8 cm³/mol. The Morgan fingerprint density at radius 3 is 2.33 bits per heavy atom. The highest BCUT2D eigenvalue weighted by molar-refractivity contribution is 5.79. The summed E-state index contributed by atoms with van der Waals surface area (Å²) in [5.41, 5.74) is 3.25. The fraction of sp³-hybridized carbons (Fsp3) is 0.667. The predicted octanol–water partition coefficient (Wildman–Crippen LogP) is -2.21. The summed E-state index contributed by atoms with van der Waals surface area (Å²) in [6.07, 6.45) is 0. The van der Waals surface area contributed by atoms with E-state index in [1.807, 2.05) is 0 Å². The molecule has 0 heterocycles. The maximum Gasteiger partial charge on any atom is 0.211 e. The highest BCUT2D eigenvalue weighted by Crippen LogP contribution is 1.54. The molecule has 3 nitrogen and oxygen atoms in total. The molecule has 0 radical (unpaired) electrons. The van der Waals surface area contributed by atoms with Gasteiger partial charge in [0.05, 0.1) is 0 Å². The van der Waals surface area contributed by atoms with Gasteiger partial charge in [-0.15, -0.1) is 0 Å². The number of aliphatic hydroxyl groups is 1. The number of Topliss-reactive ketones (excluding diaryl/α,β-unsaturated/α-hetero) is 1. The van der Waals surface area contributed by atoms with E-state index in [1.54, 1.807) is 0 Å². The lowest BCUT2D eigenvalue weighted by atomic mass is 10.4. The van der Waals surface area contributed by atoms with Gasteiger partial charge in [0.15, 0.2) is 0 Å². The van der Waals surface area contributed by atoms with Gasteiger partial charge in [-0.05, 0) is 0 Å². The second kappa shape index (κ2) is 2.81. The van der Waals surface area contributed by atoms with Crippen molar-refractivity contribution >= 4 is 5.78 Å². The highest BCUT2D eigenvalue weighted by atomic mass is 16.3. The van der Waals surface area contributed by atoms with E-state index in [1.165, 1.54) is 0 Å². The fourth-order valence-electron chi connectivity index (χ4n) is 0.0791. The fourth-order valence-corrected chi connectivity index (χ4v) is 0.0791. The smallest absolute Gasteiger partial charge is 0.211 e. The Labute approximate surface area is 35.8 Å². The normalized spacial score (nSPS) is 8.33. The van der Waals surface area contributed by atoms with Gasteiger partial charge >= 0.3 is 0 Å². The summed E-state index contributed by atoms with van der Waals surface area (Å²) in [7, 11) is 0. The van der Waals surface area contributed by atoms with Crippen molar-refractivity contribution in [1.82, 2.24) is 0 Å². The number of aliphatic hydroxyl groups excluding tert-OH is 1. The maximum atomic E-state index is 9.87. The van der Waals surface area contributed by atoms with E-state index < -0.39 is 0 Å². The van der Waals surface area contributed by atoms with Crippen LogP contribution in [0.4, 0.5) is 0 Å². The van der Waals surface area contributed by atoms with Gasteiger partial charge < -0.3 is 10.8 Å². The topological polar surface area (TPSA) is 64.9 Å². The van der Waals surface area contributed by atoms with E-state index in [-0.39, 0.29) is 18.9 Å². The van der Waals surface area contributed by atoms with Crippen molar-refractivity contribution in [3.05, 3.63) is 0 Å². The van der Waals surface area contributed by atoms with Gasteiger partial charge in [-0.2, -0.15) is 0 Å². The number of rotatable bonds is 2. The zero-order chi connectivity index (χ0) is 4.99. The Kier molecular flexibility index (Phi) is 2.62. The summed E-state index contributed by atoms with van der Waals surface area (Å²) in [4.78, 5) is 9.87.